The molecule has 0 aromatic carbocycles. The Morgan fingerprint density at radius 1 is 1.10 bits per heavy atom. The first-order valence-electron chi connectivity index (χ1n) is 8.06. The van der Waals surface area contributed by atoms with Gasteiger partial charge in [0.1, 0.15) is 0 Å². The predicted octanol–water partition coefficient (Wildman–Crippen LogP) is 1.68. The molecule has 0 aromatic heterocycles. The Bertz CT molecular complexity index is 283. The average Bonchev–Trinajstić information content (AvgIpc) is 2.74. The number of rotatable bonds is 4. The molecule has 1 aliphatic heterocycles. The van der Waals surface area contributed by atoms with E-state index >= 15 is 0 Å². The number of nitrogens with one attached hydrogen (secondary N) is 1. The van der Waals surface area contributed by atoms with Crippen LogP contribution >= 0.6 is 0 Å². The van der Waals surface area contributed by atoms with E-state index in [2.05, 4.69) is 10.2 Å². The van der Waals surface area contributed by atoms with Crippen LogP contribution in [0, 0.1) is 0 Å². The molecule has 0 aromatic rings. The van der Waals surface area contributed by atoms with Gasteiger partial charge in [-0.2, -0.15) is 0 Å². The Morgan fingerprint density at radius 2 is 1.75 bits per heavy atom. The van der Waals surface area contributed by atoms with Crippen molar-refractivity contribution < 1.29 is 9.53 Å². The Labute approximate surface area is 122 Å². The maximum atomic E-state index is 12.3. The third kappa shape index (κ3) is 4.94. The first-order valence-corrected chi connectivity index (χ1v) is 8.06. The van der Waals surface area contributed by atoms with E-state index in [9.17, 15) is 4.79 Å². The fraction of sp³-hybridized carbons (Fsp3) is 0.933. The molecule has 0 bridgehead atoms. The van der Waals surface area contributed by atoms with Gasteiger partial charge in [-0.1, -0.05) is 25.7 Å². The van der Waals surface area contributed by atoms with Crippen molar-refractivity contribution in [2.45, 2.75) is 44.6 Å². The maximum Gasteiger partial charge on any atom is 0.317 e. The zero-order valence-corrected chi connectivity index (χ0v) is 12.8. The van der Waals surface area contributed by atoms with Crippen LogP contribution in [0.3, 0.4) is 0 Å². The fourth-order valence-corrected chi connectivity index (χ4v) is 3.08. The summed E-state index contributed by atoms with van der Waals surface area (Å²) in [6.07, 6.45) is 7.47. The van der Waals surface area contributed by atoms with E-state index in [1.165, 1.54) is 25.7 Å². The van der Waals surface area contributed by atoms with Crippen molar-refractivity contribution in [3.8, 4) is 0 Å². The summed E-state index contributed by atoms with van der Waals surface area (Å²) in [4.78, 5) is 16.6. The van der Waals surface area contributed by atoms with Gasteiger partial charge in [-0.15, -0.1) is 0 Å². The molecule has 20 heavy (non-hydrogen) atoms. The minimum atomic E-state index is 0.142. The zero-order chi connectivity index (χ0) is 14.2. The Morgan fingerprint density at radius 3 is 2.35 bits per heavy atom. The third-order valence-corrected chi connectivity index (χ3v) is 4.45. The van der Waals surface area contributed by atoms with Crippen LogP contribution in [0.15, 0.2) is 0 Å². The van der Waals surface area contributed by atoms with Crippen LogP contribution in [0.5, 0.6) is 0 Å². The van der Waals surface area contributed by atoms with Gasteiger partial charge in [0.15, 0.2) is 0 Å². The molecule has 1 saturated carbocycles. The summed E-state index contributed by atoms with van der Waals surface area (Å²) in [5, 5.41) is 3.23. The molecule has 2 rings (SSSR count). The first-order chi connectivity index (χ1) is 9.79. The largest absolute Gasteiger partial charge is 0.383 e. The summed E-state index contributed by atoms with van der Waals surface area (Å²) in [6, 6.07) is 0.541. The van der Waals surface area contributed by atoms with Crippen molar-refractivity contribution in [2.24, 2.45) is 0 Å². The van der Waals surface area contributed by atoms with Crippen LogP contribution in [0.2, 0.25) is 0 Å². The molecular weight excluding hydrogens is 254 g/mol. The highest BCUT2D eigenvalue weighted by atomic mass is 16.5. The van der Waals surface area contributed by atoms with E-state index in [0.717, 1.165) is 52.2 Å². The van der Waals surface area contributed by atoms with Crippen molar-refractivity contribution >= 4 is 6.03 Å². The van der Waals surface area contributed by atoms with Gasteiger partial charge in [-0.05, 0) is 12.8 Å². The second-order valence-electron chi connectivity index (χ2n) is 5.96. The number of nitrogens with zero attached hydrogens (tertiary/aromatic N) is 2. The number of piperazine rings is 1. The molecule has 5 heteroatoms. The van der Waals surface area contributed by atoms with Gasteiger partial charge >= 0.3 is 6.03 Å². The maximum absolute atomic E-state index is 12.3. The lowest BCUT2D eigenvalue weighted by Gasteiger charge is -2.35. The molecule has 1 aliphatic carbocycles. The van der Waals surface area contributed by atoms with Gasteiger partial charge in [0, 0.05) is 45.9 Å². The van der Waals surface area contributed by atoms with E-state index in [4.69, 9.17) is 4.74 Å². The molecule has 0 atom stereocenters. The van der Waals surface area contributed by atoms with Crippen LogP contribution in [-0.4, -0.2) is 68.3 Å². The molecular formula is C15H29N3O2. The predicted molar refractivity (Wildman–Crippen MR) is 79.9 cm³/mol. The molecule has 2 aliphatic rings. The Balaban J connectivity index is 1.68. The second kappa shape index (κ2) is 8.47. The van der Waals surface area contributed by atoms with Crippen molar-refractivity contribution in [3.05, 3.63) is 0 Å². The van der Waals surface area contributed by atoms with E-state index in [1.807, 2.05) is 4.90 Å². The zero-order valence-electron chi connectivity index (χ0n) is 12.8. The quantitative estimate of drug-likeness (QED) is 0.799. The monoisotopic (exact) mass is 283 g/mol. The lowest BCUT2D eigenvalue weighted by atomic mass is 10.1. The minimum Gasteiger partial charge on any atom is -0.383 e. The standard InChI is InChI=1S/C15H29N3O2/c1-20-13-12-17-8-10-18(11-9-17)15(19)16-14-6-4-2-3-5-7-14/h14H,2-13H2,1H3,(H,16,19). The van der Waals surface area contributed by atoms with Gasteiger partial charge in [-0.25, -0.2) is 4.79 Å². The van der Waals surface area contributed by atoms with E-state index in [0.29, 0.717) is 6.04 Å². The smallest absolute Gasteiger partial charge is 0.317 e. The number of carbonyl (C=O) groups is 1. The lowest BCUT2D eigenvalue weighted by molar-refractivity contribution is 0.105. The highest BCUT2D eigenvalue weighted by Crippen LogP contribution is 2.17. The summed E-state index contributed by atoms with van der Waals surface area (Å²) < 4.78 is 5.10. The van der Waals surface area contributed by atoms with Gasteiger partial charge in [0.25, 0.3) is 0 Å². The van der Waals surface area contributed by atoms with Crippen LogP contribution in [0.1, 0.15) is 38.5 Å². The number of methoxy groups -OCH3 is 1. The molecule has 1 heterocycles. The van der Waals surface area contributed by atoms with Crippen molar-refractivity contribution in [1.29, 1.82) is 0 Å². The summed E-state index contributed by atoms with van der Waals surface area (Å²) in [5.74, 6) is 0. The molecule has 0 unspecified atom stereocenters. The van der Waals surface area contributed by atoms with Gasteiger partial charge in [-0.3, -0.25) is 4.90 Å². The average molecular weight is 283 g/mol. The Kier molecular flexibility index (Phi) is 6.60. The van der Waals surface area contributed by atoms with Crippen LogP contribution in [0.25, 0.3) is 0 Å². The summed E-state index contributed by atoms with van der Waals surface area (Å²) in [7, 11) is 1.73. The molecule has 2 amide bonds. The first kappa shape index (κ1) is 15.6. The van der Waals surface area contributed by atoms with E-state index in [1.54, 1.807) is 7.11 Å². The molecule has 116 valence electrons. The highest BCUT2D eigenvalue weighted by Gasteiger charge is 2.23. The van der Waals surface area contributed by atoms with Gasteiger partial charge in [0.05, 0.1) is 6.61 Å². The minimum absolute atomic E-state index is 0.142. The van der Waals surface area contributed by atoms with E-state index in [-0.39, 0.29) is 6.03 Å². The number of amides is 2. The van der Waals surface area contributed by atoms with Crippen LogP contribution < -0.4 is 5.32 Å². The SMILES string of the molecule is COCCN1CCN(C(=O)NC2CCCCCC2)CC1. The van der Waals surface area contributed by atoms with Gasteiger partial charge < -0.3 is 15.0 Å². The summed E-state index contributed by atoms with van der Waals surface area (Å²) in [5.41, 5.74) is 0. The van der Waals surface area contributed by atoms with Crippen LogP contribution in [-0.2, 0) is 4.74 Å². The number of hydrogen-bond donors (Lipinski definition) is 1. The summed E-state index contributed by atoms with van der Waals surface area (Å²) in [6.45, 7) is 5.33. The lowest BCUT2D eigenvalue weighted by Crippen LogP contribution is -2.53. The summed E-state index contributed by atoms with van der Waals surface area (Å²) >= 11 is 0. The topological polar surface area (TPSA) is 44.8 Å². The number of ether oxygens (including phenoxy) is 1. The van der Waals surface area contributed by atoms with Crippen LogP contribution in [0.4, 0.5) is 4.79 Å². The third-order valence-electron chi connectivity index (χ3n) is 4.45. The van der Waals surface area contributed by atoms with Crippen molar-refractivity contribution in [1.82, 2.24) is 15.1 Å². The van der Waals surface area contributed by atoms with Gasteiger partial charge in [0.2, 0.25) is 0 Å². The molecule has 1 N–H and O–H groups in total. The number of carbonyl (C=O) groups excluding carboxylic acids is 1. The van der Waals surface area contributed by atoms with E-state index < -0.39 is 0 Å². The fourth-order valence-electron chi connectivity index (χ4n) is 3.08. The Hall–Kier alpha value is -0.810. The molecule has 1 saturated heterocycles. The van der Waals surface area contributed by atoms with Crippen molar-refractivity contribution in [3.63, 3.8) is 0 Å². The van der Waals surface area contributed by atoms with Crippen molar-refractivity contribution in [2.75, 3.05) is 46.4 Å². The number of urea groups is 1. The second-order valence-corrected chi connectivity index (χ2v) is 5.96. The molecule has 5 nitrogen and oxygen atoms in total. The molecule has 0 radical (unpaired) electrons. The number of hydrogen-bond acceptors (Lipinski definition) is 3. The highest BCUT2D eigenvalue weighted by molar-refractivity contribution is 5.74. The molecule has 2 fully saturated rings. The normalized spacial score (nSPS) is 22.6. The molecule has 0 spiro atoms.